The number of hydrogen-bond acceptors (Lipinski definition) is 5. The molecule has 0 atom stereocenters. The van der Waals surface area contributed by atoms with E-state index in [0.717, 1.165) is 50.5 Å². The average Bonchev–Trinajstić information content (AvgIpc) is 3.48. The molecule has 1 heterocycles. The topological polar surface area (TPSA) is 89.4 Å². The molecule has 3 rings (SSSR count). The van der Waals surface area contributed by atoms with Crippen molar-refractivity contribution >= 4 is 11.9 Å². The molecule has 1 aliphatic carbocycles. The normalized spacial score (nSPS) is 18.3. The van der Waals surface area contributed by atoms with Crippen molar-refractivity contribution in [2.24, 2.45) is 4.99 Å². The number of piperazine rings is 1. The van der Waals surface area contributed by atoms with Gasteiger partial charge in [-0.05, 0) is 31.0 Å². The predicted molar refractivity (Wildman–Crippen MR) is 104 cm³/mol. The van der Waals surface area contributed by atoms with Crippen molar-refractivity contribution < 1.29 is 14.6 Å². The van der Waals surface area contributed by atoms with E-state index in [-0.39, 0.29) is 11.7 Å². The van der Waals surface area contributed by atoms with E-state index in [1.54, 1.807) is 26.3 Å². The van der Waals surface area contributed by atoms with Gasteiger partial charge in [0.05, 0.1) is 13.7 Å². The first-order chi connectivity index (χ1) is 13.1. The Balaban J connectivity index is 1.46. The van der Waals surface area contributed by atoms with Crippen LogP contribution in [0.3, 0.4) is 0 Å². The highest BCUT2D eigenvalue weighted by Crippen LogP contribution is 2.22. The van der Waals surface area contributed by atoms with E-state index in [4.69, 9.17) is 4.74 Å². The minimum atomic E-state index is 0.127. The molecule has 0 spiro atoms. The van der Waals surface area contributed by atoms with Gasteiger partial charge in [0.25, 0.3) is 0 Å². The van der Waals surface area contributed by atoms with Gasteiger partial charge in [0.15, 0.2) is 5.96 Å². The van der Waals surface area contributed by atoms with Crippen molar-refractivity contribution in [1.82, 2.24) is 20.4 Å². The molecule has 0 unspecified atom stereocenters. The number of nitrogens with zero attached hydrogens (tertiary/aromatic N) is 3. The van der Waals surface area contributed by atoms with Crippen LogP contribution in [0.4, 0.5) is 0 Å². The van der Waals surface area contributed by atoms with E-state index in [2.05, 4.69) is 25.4 Å². The lowest BCUT2D eigenvalue weighted by Crippen LogP contribution is -2.54. The lowest BCUT2D eigenvalue weighted by atomic mass is 10.2. The van der Waals surface area contributed by atoms with Crippen LogP contribution in [-0.4, -0.2) is 79.7 Å². The van der Waals surface area contributed by atoms with Gasteiger partial charge in [-0.3, -0.25) is 14.7 Å². The van der Waals surface area contributed by atoms with Crippen LogP contribution in [0, 0.1) is 0 Å². The summed E-state index contributed by atoms with van der Waals surface area (Å²) >= 11 is 0. The summed E-state index contributed by atoms with van der Waals surface area (Å²) in [5.41, 5.74) is 0.755. The Hall–Kier alpha value is -2.48. The van der Waals surface area contributed by atoms with Crippen molar-refractivity contribution in [1.29, 1.82) is 0 Å². The molecule has 1 aromatic carbocycles. The zero-order valence-electron chi connectivity index (χ0n) is 16.1. The second kappa shape index (κ2) is 8.94. The molecule has 8 heteroatoms. The number of carbonyl (C=O) groups is 1. The minimum Gasteiger partial charge on any atom is -0.508 e. The summed E-state index contributed by atoms with van der Waals surface area (Å²) in [6.45, 7) is 4.18. The predicted octanol–water partition coefficient (Wildman–Crippen LogP) is 0.372. The van der Waals surface area contributed by atoms with Crippen LogP contribution in [0.25, 0.3) is 0 Å². The number of guanidine groups is 1. The molecule has 0 aromatic heterocycles. The Bertz CT molecular complexity index is 682. The van der Waals surface area contributed by atoms with E-state index in [1.807, 2.05) is 6.07 Å². The van der Waals surface area contributed by atoms with Crippen LogP contribution in [0.5, 0.6) is 11.5 Å². The Kier molecular flexibility index (Phi) is 6.39. The standard InChI is InChI=1S/C19H29N5O3/c1-20-19(21-12-14-11-16(27-2)5-6-17(14)25)24-9-7-23(8-10-24)13-18(26)22-15-3-4-15/h5-6,11,15,25H,3-4,7-10,12-13H2,1-2H3,(H,20,21)(H,22,26). The monoisotopic (exact) mass is 375 g/mol. The lowest BCUT2D eigenvalue weighted by molar-refractivity contribution is -0.122. The fourth-order valence-corrected chi connectivity index (χ4v) is 3.16. The molecule has 1 amide bonds. The first-order valence-electron chi connectivity index (χ1n) is 9.42. The molecule has 1 aliphatic heterocycles. The largest absolute Gasteiger partial charge is 0.508 e. The number of aromatic hydroxyl groups is 1. The summed E-state index contributed by atoms with van der Waals surface area (Å²) in [6.07, 6.45) is 2.23. The summed E-state index contributed by atoms with van der Waals surface area (Å²) < 4.78 is 5.21. The fourth-order valence-electron chi connectivity index (χ4n) is 3.16. The van der Waals surface area contributed by atoms with Crippen molar-refractivity contribution in [3.8, 4) is 11.5 Å². The second-order valence-electron chi connectivity index (χ2n) is 7.00. The number of hydrogen-bond donors (Lipinski definition) is 3. The van der Waals surface area contributed by atoms with E-state index in [0.29, 0.717) is 24.9 Å². The SMILES string of the molecule is CN=C(NCc1cc(OC)ccc1O)N1CCN(CC(=O)NC2CC2)CC1. The molecule has 8 nitrogen and oxygen atoms in total. The number of benzene rings is 1. The zero-order chi connectivity index (χ0) is 19.2. The quantitative estimate of drug-likeness (QED) is 0.492. The Morgan fingerprint density at radius 2 is 2.04 bits per heavy atom. The number of aliphatic imine (C=N–C) groups is 1. The Morgan fingerprint density at radius 1 is 1.30 bits per heavy atom. The van der Waals surface area contributed by atoms with Crippen molar-refractivity contribution in [2.75, 3.05) is 46.9 Å². The molecule has 2 aliphatic rings. The number of ether oxygens (including phenoxy) is 1. The second-order valence-corrected chi connectivity index (χ2v) is 7.00. The third-order valence-corrected chi connectivity index (χ3v) is 4.92. The average molecular weight is 375 g/mol. The summed E-state index contributed by atoms with van der Waals surface area (Å²) in [6, 6.07) is 5.58. The van der Waals surface area contributed by atoms with E-state index in [1.165, 1.54) is 0 Å². The number of rotatable bonds is 6. The highest BCUT2D eigenvalue weighted by molar-refractivity contribution is 5.80. The van der Waals surface area contributed by atoms with E-state index < -0.39 is 0 Å². The first kappa shape index (κ1) is 19.3. The third kappa shape index (κ3) is 5.50. The number of methoxy groups -OCH3 is 1. The third-order valence-electron chi connectivity index (χ3n) is 4.92. The maximum absolute atomic E-state index is 11.9. The number of nitrogens with one attached hydrogen (secondary N) is 2. The first-order valence-corrected chi connectivity index (χ1v) is 9.42. The molecule has 27 heavy (non-hydrogen) atoms. The van der Waals surface area contributed by atoms with E-state index >= 15 is 0 Å². The van der Waals surface area contributed by atoms with Crippen molar-refractivity contribution in [3.63, 3.8) is 0 Å². The highest BCUT2D eigenvalue weighted by atomic mass is 16.5. The number of phenolic OH excluding ortho intramolecular Hbond substituents is 1. The van der Waals surface area contributed by atoms with Crippen LogP contribution in [0.2, 0.25) is 0 Å². The van der Waals surface area contributed by atoms with Gasteiger partial charge in [0, 0.05) is 51.4 Å². The van der Waals surface area contributed by atoms with Crippen molar-refractivity contribution in [3.05, 3.63) is 23.8 Å². The van der Waals surface area contributed by atoms with Gasteiger partial charge in [-0.2, -0.15) is 0 Å². The molecule has 1 saturated carbocycles. The van der Waals surface area contributed by atoms with Crippen LogP contribution >= 0.6 is 0 Å². The summed E-state index contributed by atoms with van der Waals surface area (Å²) in [5, 5.41) is 16.4. The zero-order valence-corrected chi connectivity index (χ0v) is 16.1. The van der Waals surface area contributed by atoms with Gasteiger partial charge in [0.1, 0.15) is 11.5 Å². The van der Waals surface area contributed by atoms with Crippen LogP contribution < -0.4 is 15.4 Å². The molecule has 1 aromatic rings. The van der Waals surface area contributed by atoms with Gasteiger partial charge < -0.3 is 25.4 Å². The van der Waals surface area contributed by atoms with Gasteiger partial charge in [-0.15, -0.1) is 0 Å². The van der Waals surface area contributed by atoms with Gasteiger partial charge in [-0.25, -0.2) is 0 Å². The molecule has 3 N–H and O–H groups in total. The smallest absolute Gasteiger partial charge is 0.234 e. The van der Waals surface area contributed by atoms with Gasteiger partial charge in [0.2, 0.25) is 5.91 Å². The number of phenols is 1. The summed E-state index contributed by atoms with van der Waals surface area (Å²) in [7, 11) is 3.36. The molecule has 148 valence electrons. The summed E-state index contributed by atoms with van der Waals surface area (Å²) in [4.78, 5) is 20.6. The maximum atomic E-state index is 11.9. The minimum absolute atomic E-state index is 0.127. The van der Waals surface area contributed by atoms with Crippen LogP contribution in [0.1, 0.15) is 18.4 Å². The Labute approximate surface area is 160 Å². The molecule has 2 fully saturated rings. The fraction of sp³-hybridized carbons (Fsp3) is 0.579. The molecule has 0 radical (unpaired) electrons. The van der Waals surface area contributed by atoms with Gasteiger partial charge in [-0.1, -0.05) is 0 Å². The summed E-state index contributed by atoms with van der Waals surface area (Å²) in [5.74, 6) is 1.85. The van der Waals surface area contributed by atoms with Crippen LogP contribution in [-0.2, 0) is 11.3 Å². The number of amides is 1. The lowest BCUT2D eigenvalue weighted by Gasteiger charge is -2.36. The van der Waals surface area contributed by atoms with Crippen LogP contribution in [0.15, 0.2) is 23.2 Å². The van der Waals surface area contributed by atoms with E-state index in [9.17, 15) is 9.90 Å². The molecule has 1 saturated heterocycles. The molecular formula is C19H29N5O3. The van der Waals surface area contributed by atoms with Crippen molar-refractivity contribution in [2.45, 2.75) is 25.4 Å². The Morgan fingerprint density at radius 3 is 2.67 bits per heavy atom. The highest BCUT2D eigenvalue weighted by Gasteiger charge is 2.25. The maximum Gasteiger partial charge on any atom is 0.234 e. The molecule has 0 bridgehead atoms. The molecular weight excluding hydrogens is 346 g/mol. The number of carbonyl (C=O) groups excluding carboxylic acids is 1. The van der Waals surface area contributed by atoms with Gasteiger partial charge >= 0.3 is 0 Å².